The van der Waals surface area contributed by atoms with E-state index in [9.17, 15) is 0 Å². The Kier molecular flexibility index (Phi) is 11.2. The molecule has 8 aromatic rings. The topological polar surface area (TPSA) is 3.24 Å². The number of hydrogen-bond acceptors (Lipinski definition) is 2. The van der Waals surface area contributed by atoms with Crippen molar-refractivity contribution >= 4 is 40.0 Å². The lowest BCUT2D eigenvalue weighted by atomic mass is 9.63. The molecule has 0 saturated heterocycles. The van der Waals surface area contributed by atoms with Gasteiger partial charge in [-0.25, -0.2) is 0 Å². The summed E-state index contributed by atoms with van der Waals surface area (Å²) >= 11 is 1.74. The Morgan fingerprint density at radius 2 is 1.21 bits per heavy atom. The van der Waals surface area contributed by atoms with Gasteiger partial charge in [0.15, 0.2) is 0 Å². The number of nitrogens with zero attached hydrogens (tertiary/aromatic N) is 1. The van der Waals surface area contributed by atoms with Gasteiger partial charge in [-0.2, -0.15) is 0 Å². The lowest BCUT2D eigenvalue weighted by molar-refractivity contribution is 0.583. The fourth-order valence-electron chi connectivity index (χ4n) is 12.7. The first kappa shape index (κ1) is 44.5. The summed E-state index contributed by atoms with van der Waals surface area (Å²) < 4.78 is 0. The van der Waals surface area contributed by atoms with Gasteiger partial charge in [0.05, 0.1) is 10.8 Å². The molecule has 0 fully saturated rings. The van der Waals surface area contributed by atoms with Gasteiger partial charge in [-0.3, -0.25) is 0 Å². The van der Waals surface area contributed by atoms with Crippen molar-refractivity contribution in [1.29, 1.82) is 0 Å². The third kappa shape index (κ3) is 7.24. The first-order chi connectivity index (χ1) is 36.0. The summed E-state index contributed by atoms with van der Waals surface area (Å²) in [5.41, 5.74) is 24.8. The van der Waals surface area contributed by atoms with Crippen molar-refractivity contribution in [3.05, 3.63) is 339 Å². The predicted octanol–water partition coefficient (Wildman–Crippen LogP) is 18.2. The standard InChI is InChI=1S/C71H53NS/c1-49-21-19-33-64-62-32-15-17-35-66(62)71(69(49)64,56-28-11-6-12-29-56)57-41-43-58(44-42-57)72(59-30-20-23-53(47-59)51-38-37-50(2)73-68-36-18-13-22-52(68)40-39-51)60-45-46-63-61-31-14-16-34-65(61)70(67(63)48-60,55-26-9-5-10-27-55)54-24-7-3-4-8-25-54/h3,5-20,22-39,41-49H,2,21,40H2,1H3/b38-37-,51-39+. The van der Waals surface area contributed by atoms with Crippen LogP contribution in [-0.2, 0) is 17.3 Å². The van der Waals surface area contributed by atoms with Gasteiger partial charge in [0.2, 0.25) is 0 Å². The Morgan fingerprint density at radius 3 is 2.01 bits per heavy atom. The SMILES string of the molecule is C=C1/C=C\C(c2cccc(N(c3ccc(C4(c5ccccc5)C5=C(C=CCC5C)c5ccccc54)cc3)c3ccc4c(c3)C(C3=CC=C=CC=C3)(c3ccccc3)c3ccccc3-4)c2)=C/Cc2ccccc2S1. The number of anilines is 3. The second kappa shape index (κ2) is 18.3. The van der Waals surface area contributed by atoms with E-state index in [1.165, 1.54) is 82.8 Å². The minimum absolute atomic E-state index is 0.363. The van der Waals surface area contributed by atoms with Crippen LogP contribution in [0.15, 0.2) is 294 Å². The lowest BCUT2D eigenvalue weighted by Gasteiger charge is -2.39. The molecule has 73 heavy (non-hydrogen) atoms. The van der Waals surface area contributed by atoms with Crippen LogP contribution < -0.4 is 4.90 Å². The molecule has 0 aromatic heterocycles. The number of thioether (sulfide) groups is 1. The molecular weight excluding hydrogens is 899 g/mol. The maximum absolute atomic E-state index is 4.44. The van der Waals surface area contributed by atoms with Gasteiger partial charge < -0.3 is 4.90 Å². The zero-order valence-electron chi connectivity index (χ0n) is 40.9. The smallest absolute Gasteiger partial charge is 0.0714 e. The van der Waals surface area contributed by atoms with E-state index in [-0.39, 0.29) is 0 Å². The lowest BCUT2D eigenvalue weighted by Crippen LogP contribution is -2.33. The summed E-state index contributed by atoms with van der Waals surface area (Å²) in [6.45, 7) is 6.86. The van der Waals surface area contributed by atoms with Crippen LogP contribution in [0.25, 0.3) is 22.3 Å². The normalized spacial score (nSPS) is 21.3. The Labute approximate surface area is 434 Å². The quantitative estimate of drug-likeness (QED) is 0.140. The summed E-state index contributed by atoms with van der Waals surface area (Å²) in [4.78, 5) is 4.75. The summed E-state index contributed by atoms with van der Waals surface area (Å²) in [6.07, 6.45) is 24.1. The maximum atomic E-state index is 4.44. The molecule has 0 saturated carbocycles. The largest absolute Gasteiger partial charge is 0.310 e. The van der Waals surface area contributed by atoms with E-state index in [2.05, 4.69) is 279 Å². The molecule has 1 heterocycles. The molecule has 13 rings (SSSR count). The summed E-state index contributed by atoms with van der Waals surface area (Å²) in [5, 5.41) is 0. The van der Waals surface area contributed by atoms with Crippen molar-refractivity contribution in [3.63, 3.8) is 0 Å². The highest BCUT2D eigenvalue weighted by Gasteiger charge is 2.50. The first-order valence-corrected chi connectivity index (χ1v) is 26.4. The molecule has 0 amide bonds. The summed E-state index contributed by atoms with van der Waals surface area (Å²) in [6, 6.07) is 75.0. The van der Waals surface area contributed by atoms with Gasteiger partial charge in [-0.05, 0) is 169 Å². The Hall–Kier alpha value is -8.39. The minimum Gasteiger partial charge on any atom is -0.310 e. The van der Waals surface area contributed by atoms with Crippen LogP contribution in [0.2, 0.25) is 0 Å². The van der Waals surface area contributed by atoms with Crippen LogP contribution in [0.4, 0.5) is 17.1 Å². The molecule has 0 radical (unpaired) electrons. The third-order valence-electron chi connectivity index (χ3n) is 15.7. The van der Waals surface area contributed by atoms with Gasteiger partial charge >= 0.3 is 0 Å². The summed E-state index contributed by atoms with van der Waals surface area (Å²) in [5.74, 6) is 0.363. The zero-order chi connectivity index (χ0) is 48.9. The molecule has 3 atom stereocenters. The zero-order valence-corrected chi connectivity index (χ0v) is 41.7. The van der Waals surface area contributed by atoms with Crippen molar-refractivity contribution in [2.75, 3.05) is 4.90 Å². The fraction of sp³-hybridized carbons (Fsp3) is 0.0845. The Balaban J connectivity index is 1.03. The van der Waals surface area contributed by atoms with Crippen molar-refractivity contribution < 1.29 is 0 Å². The Morgan fingerprint density at radius 1 is 0.548 bits per heavy atom. The van der Waals surface area contributed by atoms with E-state index in [0.717, 1.165) is 40.4 Å². The van der Waals surface area contributed by atoms with Gasteiger partial charge in [0.25, 0.3) is 0 Å². The molecule has 5 aliphatic rings. The molecule has 0 bridgehead atoms. The molecule has 3 unspecified atom stereocenters. The van der Waals surface area contributed by atoms with Crippen molar-refractivity contribution in [1.82, 2.24) is 0 Å². The average molecular weight is 952 g/mol. The summed E-state index contributed by atoms with van der Waals surface area (Å²) in [7, 11) is 0. The highest BCUT2D eigenvalue weighted by molar-refractivity contribution is 8.03. The number of allylic oxidation sites excluding steroid dienone is 13. The molecule has 0 N–H and O–H groups in total. The monoisotopic (exact) mass is 951 g/mol. The van der Waals surface area contributed by atoms with E-state index in [1.807, 2.05) is 6.08 Å². The number of fused-ring (bicyclic) bond motifs is 6. The number of rotatable bonds is 8. The van der Waals surface area contributed by atoms with Gasteiger partial charge in [0.1, 0.15) is 0 Å². The molecule has 8 aromatic carbocycles. The predicted molar refractivity (Wildman–Crippen MR) is 308 cm³/mol. The molecule has 1 aliphatic heterocycles. The van der Waals surface area contributed by atoms with Crippen LogP contribution in [0.1, 0.15) is 63.4 Å². The van der Waals surface area contributed by atoms with Crippen molar-refractivity contribution in [2.24, 2.45) is 5.92 Å². The number of benzene rings is 8. The van der Waals surface area contributed by atoms with E-state index in [0.29, 0.717) is 5.92 Å². The van der Waals surface area contributed by atoms with E-state index >= 15 is 0 Å². The van der Waals surface area contributed by atoms with Crippen LogP contribution in [0, 0.1) is 5.92 Å². The maximum Gasteiger partial charge on any atom is 0.0714 e. The van der Waals surface area contributed by atoms with Crippen molar-refractivity contribution in [3.8, 4) is 11.1 Å². The third-order valence-corrected chi connectivity index (χ3v) is 16.8. The van der Waals surface area contributed by atoms with Crippen LogP contribution in [0.5, 0.6) is 0 Å². The van der Waals surface area contributed by atoms with E-state index in [1.54, 1.807) is 11.8 Å². The second-order valence-electron chi connectivity index (χ2n) is 19.7. The molecule has 348 valence electrons. The molecule has 4 aliphatic carbocycles. The average Bonchev–Trinajstić information content (AvgIpc) is 3.78. The van der Waals surface area contributed by atoms with Gasteiger partial charge in [-0.1, -0.05) is 219 Å². The molecule has 2 heteroatoms. The van der Waals surface area contributed by atoms with Gasteiger partial charge in [0, 0.05) is 26.9 Å². The molecule has 1 nitrogen and oxygen atoms in total. The minimum atomic E-state index is -0.592. The van der Waals surface area contributed by atoms with E-state index in [4.69, 9.17) is 0 Å². The van der Waals surface area contributed by atoms with Gasteiger partial charge in [-0.15, -0.1) is 5.73 Å². The van der Waals surface area contributed by atoms with E-state index < -0.39 is 10.8 Å². The highest BCUT2D eigenvalue weighted by Crippen LogP contribution is 2.60. The first-order valence-electron chi connectivity index (χ1n) is 25.5. The van der Waals surface area contributed by atoms with Crippen LogP contribution in [-0.4, -0.2) is 0 Å². The molecule has 0 spiro atoms. The second-order valence-corrected chi connectivity index (χ2v) is 20.9. The number of hydrogen-bond donors (Lipinski definition) is 0. The van der Waals surface area contributed by atoms with Crippen LogP contribution >= 0.6 is 11.8 Å². The van der Waals surface area contributed by atoms with Crippen molar-refractivity contribution in [2.45, 2.75) is 35.5 Å². The molecular formula is C71H53NS. The Bertz CT molecular complexity index is 3780. The fourth-order valence-corrected chi connectivity index (χ4v) is 13.5. The van der Waals surface area contributed by atoms with Crippen LogP contribution in [0.3, 0.4) is 0 Å². The highest BCUT2D eigenvalue weighted by atomic mass is 32.2.